The average molecular weight is 279 g/mol. The molecule has 1 amide bonds. The van der Waals surface area contributed by atoms with Gasteiger partial charge in [0.25, 0.3) is 5.91 Å². The highest BCUT2D eigenvalue weighted by Gasteiger charge is 2.28. The molecule has 1 fully saturated rings. The van der Waals surface area contributed by atoms with Gasteiger partial charge in [0, 0.05) is 5.69 Å². The highest BCUT2D eigenvalue weighted by atomic mass is 19.1. The van der Waals surface area contributed by atoms with Crippen LogP contribution in [0.2, 0.25) is 0 Å². The predicted octanol–water partition coefficient (Wildman–Crippen LogP) is 1.78. The zero-order valence-corrected chi connectivity index (χ0v) is 12.5. The van der Waals surface area contributed by atoms with Crippen molar-refractivity contribution in [1.29, 1.82) is 0 Å². The van der Waals surface area contributed by atoms with E-state index in [4.69, 9.17) is 0 Å². The van der Waals surface area contributed by atoms with Crippen LogP contribution in [0, 0.1) is 18.7 Å². The van der Waals surface area contributed by atoms with Gasteiger partial charge in [-0.05, 0) is 50.3 Å². The van der Waals surface area contributed by atoms with Gasteiger partial charge in [0.1, 0.15) is 5.82 Å². The molecule has 20 heavy (non-hydrogen) atoms. The number of benzene rings is 1. The van der Waals surface area contributed by atoms with Gasteiger partial charge >= 0.3 is 0 Å². The van der Waals surface area contributed by atoms with E-state index in [0.29, 0.717) is 11.3 Å². The van der Waals surface area contributed by atoms with Crippen LogP contribution in [0.25, 0.3) is 0 Å². The Labute approximate surface area is 120 Å². The van der Waals surface area contributed by atoms with Gasteiger partial charge in [0.05, 0.1) is 13.1 Å². The molecule has 4 heteroatoms. The molecule has 0 radical (unpaired) electrons. The Hall–Kier alpha value is -1.42. The van der Waals surface area contributed by atoms with Gasteiger partial charge in [-0.25, -0.2) is 4.39 Å². The largest absolute Gasteiger partial charge is 0.325 e. The van der Waals surface area contributed by atoms with E-state index in [2.05, 4.69) is 12.2 Å². The number of hydrogen-bond acceptors (Lipinski definition) is 1. The first-order chi connectivity index (χ1) is 9.47. The SMILES string of the molecule is Cc1ccc(NC(=O)[C@H](C)[NH+]2CCC(C)CC2)cc1F. The molecule has 0 aromatic heterocycles. The van der Waals surface area contributed by atoms with E-state index in [1.807, 2.05) is 6.92 Å². The second kappa shape index (κ2) is 6.35. The number of halogens is 1. The van der Waals surface area contributed by atoms with E-state index in [-0.39, 0.29) is 17.8 Å². The molecule has 110 valence electrons. The molecule has 1 saturated heterocycles. The maximum atomic E-state index is 13.5. The van der Waals surface area contributed by atoms with E-state index in [9.17, 15) is 9.18 Å². The van der Waals surface area contributed by atoms with E-state index >= 15 is 0 Å². The normalized spacial score (nSPS) is 24.2. The molecule has 0 saturated carbocycles. The Morgan fingerprint density at radius 1 is 1.40 bits per heavy atom. The Kier molecular flexibility index (Phi) is 4.76. The molecule has 0 spiro atoms. The van der Waals surface area contributed by atoms with Crippen LogP contribution in [-0.4, -0.2) is 25.0 Å². The maximum absolute atomic E-state index is 13.5. The summed E-state index contributed by atoms with van der Waals surface area (Å²) in [6.07, 6.45) is 2.35. The molecule has 1 aromatic carbocycles. The van der Waals surface area contributed by atoms with Crippen molar-refractivity contribution in [1.82, 2.24) is 0 Å². The van der Waals surface area contributed by atoms with Crippen molar-refractivity contribution in [3.8, 4) is 0 Å². The molecule has 2 N–H and O–H groups in total. The molecule has 2 rings (SSSR count). The number of carbonyl (C=O) groups is 1. The third-order valence-electron chi connectivity index (χ3n) is 4.36. The van der Waals surface area contributed by atoms with Crippen LogP contribution in [0.1, 0.15) is 32.3 Å². The summed E-state index contributed by atoms with van der Waals surface area (Å²) in [5.41, 5.74) is 1.13. The second-order valence-electron chi connectivity index (χ2n) is 6.02. The van der Waals surface area contributed by atoms with Crippen LogP contribution in [0.3, 0.4) is 0 Å². The molecule has 1 aliphatic heterocycles. The van der Waals surface area contributed by atoms with Crippen LogP contribution >= 0.6 is 0 Å². The summed E-state index contributed by atoms with van der Waals surface area (Å²) < 4.78 is 13.5. The average Bonchev–Trinajstić information content (AvgIpc) is 2.43. The lowest BCUT2D eigenvalue weighted by Gasteiger charge is -2.31. The summed E-state index contributed by atoms with van der Waals surface area (Å²) in [6, 6.07) is 4.72. The summed E-state index contributed by atoms with van der Waals surface area (Å²) in [6.45, 7) is 8.00. The number of amides is 1. The van der Waals surface area contributed by atoms with Crippen molar-refractivity contribution in [3.05, 3.63) is 29.6 Å². The van der Waals surface area contributed by atoms with E-state index in [1.165, 1.54) is 23.8 Å². The van der Waals surface area contributed by atoms with Gasteiger partial charge in [-0.15, -0.1) is 0 Å². The monoisotopic (exact) mass is 279 g/mol. The molecule has 0 unspecified atom stereocenters. The van der Waals surface area contributed by atoms with Crippen molar-refractivity contribution in [2.75, 3.05) is 18.4 Å². The molecular formula is C16H24FN2O+. The van der Waals surface area contributed by atoms with E-state index in [0.717, 1.165) is 19.0 Å². The molecule has 1 heterocycles. The third kappa shape index (κ3) is 3.57. The maximum Gasteiger partial charge on any atom is 0.282 e. The van der Waals surface area contributed by atoms with Crippen molar-refractivity contribution in [3.63, 3.8) is 0 Å². The van der Waals surface area contributed by atoms with Crippen molar-refractivity contribution >= 4 is 11.6 Å². The Morgan fingerprint density at radius 2 is 2.05 bits per heavy atom. The number of piperidine rings is 1. The lowest BCUT2D eigenvalue weighted by Crippen LogP contribution is -3.17. The van der Waals surface area contributed by atoms with Crippen LogP contribution in [0.5, 0.6) is 0 Å². The van der Waals surface area contributed by atoms with E-state index < -0.39 is 0 Å². The Morgan fingerprint density at radius 3 is 2.65 bits per heavy atom. The highest BCUT2D eigenvalue weighted by Crippen LogP contribution is 2.13. The number of carbonyl (C=O) groups excluding carboxylic acids is 1. The van der Waals surface area contributed by atoms with Gasteiger partial charge in [0.2, 0.25) is 0 Å². The van der Waals surface area contributed by atoms with E-state index in [1.54, 1.807) is 19.1 Å². The second-order valence-corrected chi connectivity index (χ2v) is 6.02. The highest BCUT2D eigenvalue weighted by molar-refractivity contribution is 5.93. The summed E-state index contributed by atoms with van der Waals surface area (Å²) in [5.74, 6) is 0.451. The number of nitrogens with one attached hydrogen (secondary N) is 2. The van der Waals surface area contributed by atoms with Crippen molar-refractivity contribution < 1.29 is 14.1 Å². The minimum absolute atomic E-state index is 0.0298. The molecule has 0 aliphatic carbocycles. The first-order valence-corrected chi connectivity index (χ1v) is 7.39. The summed E-state index contributed by atoms with van der Waals surface area (Å²) in [5, 5.41) is 2.82. The number of likely N-dealkylation sites (tertiary alicyclic amines) is 1. The van der Waals surface area contributed by atoms with Crippen LogP contribution in [0.4, 0.5) is 10.1 Å². The Bertz CT molecular complexity index is 481. The number of aryl methyl sites for hydroxylation is 1. The van der Waals surface area contributed by atoms with Crippen molar-refractivity contribution in [2.24, 2.45) is 5.92 Å². The number of anilines is 1. The smallest absolute Gasteiger partial charge is 0.282 e. The molecule has 1 atom stereocenters. The van der Waals surface area contributed by atoms with Crippen LogP contribution < -0.4 is 10.2 Å². The standard InChI is InChI=1S/C16H23FN2O/c1-11-6-8-19(9-7-11)13(3)16(20)18-14-5-4-12(2)15(17)10-14/h4-5,10-11,13H,6-9H2,1-3H3,(H,18,20)/p+1/t13-/m0/s1. The minimum Gasteiger partial charge on any atom is -0.325 e. The fraction of sp³-hybridized carbons (Fsp3) is 0.562. The van der Waals surface area contributed by atoms with Crippen LogP contribution in [-0.2, 0) is 4.79 Å². The fourth-order valence-electron chi connectivity index (χ4n) is 2.67. The lowest BCUT2D eigenvalue weighted by atomic mass is 9.98. The van der Waals surface area contributed by atoms with Gasteiger partial charge in [-0.1, -0.05) is 13.0 Å². The molecule has 1 aromatic rings. The van der Waals surface area contributed by atoms with Crippen LogP contribution in [0.15, 0.2) is 18.2 Å². The van der Waals surface area contributed by atoms with Gasteiger partial charge < -0.3 is 10.2 Å². The minimum atomic E-state index is -0.283. The first kappa shape index (κ1) is 15.0. The van der Waals surface area contributed by atoms with Gasteiger partial charge in [-0.2, -0.15) is 0 Å². The Balaban J connectivity index is 1.95. The summed E-state index contributed by atoms with van der Waals surface area (Å²) >= 11 is 0. The zero-order valence-electron chi connectivity index (χ0n) is 12.5. The van der Waals surface area contributed by atoms with Crippen molar-refractivity contribution in [2.45, 2.75) is 39.7 Å². The molecule has 0 bridgehead atoms. The lowest BCUT2D eigenvalue weighted by molar-refractivity contribution is -0.919. The molecular weight excluding hydrogens is 255 g/mol. The molecule has 3 nitrogen and oxygen atoms in total. The van der Waals surface area contributed by atoms with Gasteiger partial charge in [0.15, 0.2) is 6.04 Å². The quantitative estimate of drug-likeness (QED) is 0.869. The summed E-state index contributed by atoms with van der Waals surface area (Å²) in [7, 11) is 0. The molecule has 1 aliphatic rings. The topological polar surface area (TPSA) is 33.5 Å². The third-order valence-corrected chi connectivity index (χ3v) is 4.36. The fourth-order valence-corrected chi connectivity index (χ4v) is 2.67. The summed E-state index contributed by atoms with van der Waals surface area (Å²) in [4.78, 5) is 13.6. The zero-order chi connectivity index (χ0) is 14.7. The van der Waals surface area contributed by atoms with Gasteiger partial charge in [-0.3, -0.25) is 4.79 Å². The first-order valence-electron chi connectivity index (χ1n) is 7.39. The predicted molar refractivity (Wildman–Crippen MR) is 78.3 cm³/mol. The number of hydrogen-bond donors (Lipinski definition) is 2. The number of rotatable bonds is 3. The number of quaternary nitrogens is 1.